The van der Waals surface area contributed by atoms with Gasteiger partial charge in [-0.1, -0.05) is 24.3 Å². The maximum absolute atomic E-state index is 5.96. The Hall–Kier alpha value is -3.28. The molecule has 2 aromatic carbocycles. The number of hydrogen-bond acceptors (Lipinski definition) is 6. The van der Waals surface area contributed by atoms with Crippen molar-refractivity contribution in [2.45, 2.75) is 6.42 Å². The van der Waals surface area contributed by atoms with Gasteiger partial charge in [-0.2, -0.15) is 4.98 Å². The fourth-order valence-corrected chi connectivity index (χ4v) is 2.69. The summed E-state index contributed by atoms with van der Waals surface area (Å²) in [7, 11) is 0. The molecule has 114 valence electrons. The van der Waals surface area contributed by atoms with E-state index in [0.29, 0.717) is 12.2 Å². The molecule has 4 rings (SSSR count). The van der Waals surface area contributed by atoms with Crippen molar-refractivity contribution in [1.29, 1.82) is 0 Å². The fraction of sp³-hybridized carbons (Fsp3) is 0.0588. The van der Waals surface area contributed by atoms with E-state index in [1.165, 1.54) is 0 Å². The molecular formula is C17H15N5O. The first-order valence-electron chi connectivity index (χ1n) is 7.24. The van der Waals surface area contributed by atoms with Gasteiger partial charge >= 0.3 is 0 Å². The molecule has 0 radical (unpaired) electrons. The highest BCUT2D eigenvalue weighted by Crippen LogP contribution is 2.43. The number of nitrogens with one attached hydrogen (secondary N) is 1. The zero-order valence-electron chi connectivity index (χ0n) is 12.3. The average Bonchev–Trinajstić information content (AvgIpc) is 2.52. The van der Waals surface area contributed by atoms with Crippen molar-refractivity contribution in [1.82, 2.24) is 9.97 Å². The van der Waals surface area contributed by atoms with Gasteiger partial charge in [-0.3, -0.25) is 0 Å². The van der Waals surface area contributed by atoms with Crippen molar-refractivity contribution >= 4 is 23.1 Å². The van der Waals surface area contributed by atoms with Crippen LogP contribution in [0.3, 0.4) is 0 Å². The number of nitrogen functional groups attached to an aromatic ring is 2. The normalized spacial score (nSPS) is 11.8. The van der Waals surface area contributed by atoms with Gasteiger partial charge < -0.3 is 21.5 Å². The minimum absolute atomic E-state index is 0.180. The molecule has 0 fully saturated rings. The number of aromatic nitrogens is 2. The third-order valence-corrected chi connectivity index (χ3v) is 3.67. The number of benzene rings is 2. The van der Waals surface area contributed by atoms with Crippen LogP contribution in [-0.2, 0) is 6.42 Å². The summed E-state index contributed by atoms with van der Waals surface area (Å²) >= 11 is 0. The van der Waals surface area contributed by atoms with Gasteiger partial charge in [0, 0.05) is 12.5 Å². The highest BCUT2D eigenvalue weighted by atomic mass is 16.5. The zero-order valence-corrected chi connectivity index (χ0v) is 12.3. The van der Waals surface area contributed by atoms with E-state index in [1.54, 1.807) is 6.07 Å². The minimum atomic E-state index is 0.180. The minimum Gasteiger partial charge on any atom is -0.453 e. The third kappa shape index (κ3) is 2.50. The molecule has 5 N–H and O–H groups in total. The first kappa shape index (κ1) is 13.4. The SMILES string of the molecule is Nc1cc(Cc2cccc3c2Nc2ccccc2O3)nc(N)n1. The van der Waals surface area contributed by atoms with E-state index in [-0.39, 0.29) is 5.95 Å². The van der Waals surface area contributed by atoms with Gasteiger partial charge in [-0.15, -0.1) is 0 Å². The maximum atomic E-state index is 5.96. The lowest BCUT2D eigenvalue weighted by Gasteiger charge is -2.23. The molecule has 1 aliphatic rings. The van der Waals surface area contributed by atoms with Crippen molar-refractivity contribution in [2.24, 2.45) is 0 Å². The molecule has 0 saturated carbocycles. The number of nitrogens with two attached hydrogens (primary N) is 2. The number of nitrogens with zero attached hydrogens (tertiary/aromatic N) is 2. The molecule has 1 aliphatic heterocycles. The summed E-state index contributed by atoms with van der Waals surface area (Å²) in [5.41, 5.74) is 15.1. The molecule has 0 saturated heterocycles. The molecule has 0 bridgehead atoms. The Morgan fingerprint density at radius 2 is 1.78 bits per heavy atom. The number of ether oxygens (including phenoxy) is 1. The highest BCUT2D eigenvalue weighted by molar-refractivity contribution is 5.78. The Bertz CT molecular complexity index is 874. The molecular weight excluding hydrogens is 290 g/mol. The van der Waals surface area contributed by atoms with E-state index >= 15 is 0 Å². The molecule has 0 spiro atoms. The monoisotopic (exact) mass is 305 g/mol. The van der Waals surface area contributed by atoms with Crippen LogP contribution in [0.15, 0.2) is 48.5 Å². The molecule has 2 heterocycles. The van der Waals surface area contributed by atoms with Crippen LogP contribution in [0, 0.1) is 0 Å². The van der Waals surface area contributed by atoms with Crippen LogP contribution in [0.4, 0.5) is 23.1 Å². The molecule has 6 heteroatoms. The van der Waals surface area contributed by atoms with Crippen LogP contribution in [0.1, 0.15) is 11.3 Å². The Morgan fingerprint density at radius 3 is 2.65 bits per heavy atom. The molecule has 6 nitrogen and oxygen atoms in total. The van der Waals surface area contributed by atoms with Crippen molar-refractivity contribution in [3.05, 3.63) is 59.8 Å². The number of fused-ring (bicyclic) bond motifs is 2. The van der Waals surface area contributed by atoms with Gasteiger partial charge in [0.15, 0.2) is 11.5 Å². The van der Waals surface area contributed by atoms with E-state index < -0.39 is 0 Å². The van der Waals surface area contributed by atoms with Gasteiger partial charge in [0.1, 0.15) is 5.82 Å². The average molecular weight is 305 g/mol. The van der Waals surface area contributed by atoms with Gasteiger partial charge in [-0.05, 0) is 23.8 Å². The van der Waals surface area contributed by atoms with E-state index in [9.17, 15) is 0 Å². The zero-order chi connectivity index (χ0) is 15.8. The predicted molar refractivity (Wildman–Crippen MR) is 89.9 cm³/mol. The standard InChI is InChI=1S/C17H15N5O/c18-15-9-11(20-17(19)22-15)8-10-4-3-7-14-16(10)21-12-5-1-2-6-13(12)23-14/h1-7,9,21H,8H2,(H4,18,19,20,22). The summed E-state index contributed by atoms with van der Waals surface area (Å²) in [6.07, 6.45) is 0.582. The highest BCUT2D eigenvalue weighted by Gasteiger charge is 2.19. The lowest BCUT2D eigenvalue weighted by Crippen LogP contribution is -2.07. The molecule has 0 unspecified atom stereocenters. The molecule has 0 aliphatic carbocycles. The summed E-state index contributed by atoms with van der Waals surface area (Å²) < 4.78 is 5.96. The van der Waals surface area contributed by atoms with E-state index in [4.69, 9.17) is 16.2 Å². The van der Waals surface area contributed by atoms with Gasteiger partial charge in [0.05, 0.1) is 17.1 Å². The summed E-state index contributed by atoms with van der Waals surface area (Å²) in [5, 5.41) is 3.43. The van der Waals surface area contributed by atoms with Crippen molar-refractivity contribution in [3.8, 4) is 11.5 Å². The molecule has 1 aromatic heterocycles. The lowest BCUT2D eigenvalue weighted by atomic mass is 10.0. The van der Waals surface area contributed by atoms with Crippen LogP contribution in [-0.4, -0.2) is 9.97 Å². The van der Waals surface area contributed by atoms with E-state index in [1.807, 2.05) is 42.5 Å². The Morgan fingerprint density at radius 1 is 0.957 bits per heavy atom. The van der Waals surface area contributed by atoms with Crippen LogP contribution >= 0.6 is 0 Å². The summed E-state index contributed by atoms with van der Waals surface area (Å²) in [4.78, 5) is 8.14. The Labute approximate surface area is 133 Å². The van der Waals surface area contributed by atoms with Crippen LogP contribution in [0.5, 0.6) is 11.5 Å². The van der Waals surface area contributed by atoms with Gasteiger partial charge in [-0.25, -0.2) is 4.98 Å². The van der Waals surface area contributed by atoms with Crippen LogP contribution < -0.4 is 21.5 Å². The van der Waals surface area contributed by atoms with Crippen molar-refractivity contribution < 1.29 is 4.74 Å². The van der Waals surface area contributed by atoms with Crippen LogP contribution in [0.25, 0.3) is 0 Å². The smallest absolute Gasteiger partial charge is 0.222 e. The second-order valence-electron chi connectivity index (χ2n) is 5.33. The summed E-state index contributed by atoms with van der Waals surface area (Å²) in [6, 6.07) is 15.5. The first-order valence-corrected chi connectivity index (χ1v) is 7.24. The second kappa shape index (κ2) is 5.17. The predicted octanol–water partition coefficient (Wildman–Crippen LogP) is 3.08. The van der Waals surface area contributed by atoms with Gasteiger partial charge in [0.2, 0.25) is 5.95 Å². The largest absolute Gasteiger partial charge is 0.453 e. The Balaban J connectivity index is 1.72. The van der Waals surface area contributed by atoms with E-state index in [2.05, 4.69) is 15.3 Å². The summed E-state index contributed by atoms with van der Waals surface area (Å²) in [5.74, 6) is 2.15. The van der Waals surface area contributed by atoms with Gasteiger partial charge in [0.25, 0.3) is 0 Å². The van der Waals surface area contributed by atoms with Crippen molar-refractivity contribution in [3.63, 3.8) is 0 Å². The molecule has 23 heavy (non-hydrogen) atoms. The molecule has 0 amide bonds. The second-order valence-corrected chi connectivity index (χ2v) is 5.33. The first-order chi connectivity index (χ1) is 11.2. The lowest BCUT2D eigenvalue weighted by molar-refractivity contribution is 0.480. The quantitative estimate of drug-likeness (QED) is 0.526. The third-order valence-electron chi connectivity index (χ3n) is 3.67. The van der Waals surface area contributed by atoms with E-state index in [0.717, 1.165) is 34.1 Å². The Kier molecular flexibility index (Phi) is 3.01. The fourth-order valence-electron chi connectivity index (χ4n) is 2.69. The number of anilines is 4. The number of para-hydroxylation sites is 3. The maximum Gasteiger partial charge on any atom is 0.222 e. The van der Waals surface area contributed by atoms with Crippen LogP contribution in [0.2, 0.25) is 0 Å². The topological polar surface area (TPSA) is 99.1 Å². The van der Waals surface area contributed by atoms with Crippen molar-refractivity contribution in [2.75, 3.05) is 16.8 Å². The summed E-state index contributed by atoms with van der Waals surface area (Å²) in [6.45, 7) is 0. The molecule has 3 aromatic rings. The number of hydrogen-bond donors (Lipinski definition) is 3. The number of rotatable bonds is 2. The molecule has 0 atom stereocenters.